The molecule has 0 spiro atoms. The van der Waals surface area contributed by atoms with Crippen LogP contribution in [0.3, 0.4) is 0 Å². The van der Waals surface area contributed by atoms with E-state index in [0.717, 1.165) is 15.4 Å². The molecule has 2 N–H and O–H groups in total. The lowest BCUT2D eigenvalue weighted by atomic mass is 10.1. The monoisotopic (exact) mass is 360 g/mol. The Hall–Kier alpha value is -2.34. The average Bonchev–Trinajstić information content (AvgIpc) is 3.12. The first kappa shape index (κ1) is 14.6. The first-order valence-electron chi connectivity index (χ1n) is 6.71. The van der Waals surface area contributed by atoms with Crippen molar-refractivity contribution in [3.05, 3.63) is 58.5 Å². The number of halogens is 1. The van der Waals surface area contributed by atoms with Gasteiger partial charge in [-0.15, -0.1) is 0 Å². The third-order valence-corrected chi connectivity index (χ3v) is 3.83. The van der Waals surface area contributed by atoms with E-state index in [2.05, 4.69) is 25.9 Å². The van der Waals surface area contributed by atoms with Crippen LogP contribution in [0.2, 0.25) is 0 Å². The lowest BCUT2D eigenvalue weighted by molar-refractivity contribution is 0.0314. The number of ether oxygens (including phenoxy) is 1. The average molecular weight is 361 g/mol. The third-order valence-electron chi connectivity index (χ3n) is 3.38. The molecule has 1 atom stereocenters. The number of Topliss-reactive ketones (excluding diaryl/α,β-unsaturated/α-hetero) is 1. The summed E-state index contributed by atoms with van der Waals surface area (Å²) in [5.74, 6) is -0.803. The SMILES string of the molecule is C[C@H](OC(=O)c1cc(Br)c[nH]1)C(=O)c1c[nH]c2ccccc12. The summed E-state index contributed by atoms with van der Waals surface area (Å²) >= 11 is 3.24. The minimum atomic E-state index is -0.867. The Morgan fingerprint density at radius 1 is 1.18 bits per heavy atom. The summed E-state index contributed by atoms with van der Waals surface area (Å²) in [6.07, 6.45) is 2.40. The number of rotatable bonds is 4. The number of carbonyl (C=O) groups is 2. The van der Waals surface area contributed by atoms with Crippen molar-refractivity contribution in [1.29, 1.82) is 0 Å². The Kier molecular flexibility index (Phi) is 3.85. The van der Waals surface area contributed by atoms with Gasteiger partial charge in [-0.25, -0.2) is 4.79 Å². The van der Waals surface area contributed by atoms with Crippen molar-refractivity contribution < 1.29 is 14.3 Å². The molecule has 0 fully saturated rings. The van der Waals surface area contributed by atoms with Gasteiger partial charge in [-0.3, -0.25) is 4.79 Å². The van der Waals surface area contributed by atoms with E-state index in [4.69, 9.17) is 4.74 Å². The smallest absolute Gasteiger partial charge is 0.355 e. The van der Waals surface area contributed by atoms with Crippen LogP contribution >= 0.6 is 15.9 Å². The first-order chi connectivity index (χ1) is 10.6. The molecule has 0 aliphatic carbocycles. The quantitative estimate of drug-likeness (QED) is 0.550. The zero-order valence-electron chi connectivity index (χ0n) is 11.7. The van der Waals surface area contributed by atoms with Gasteiger partial charge in [-0.1, -0.05) is 18.2 Å². The summed E-state index contributed by atoms with van der Waals surface area (Å²) < 4.78 is 5.98. The molecule has 3 rings (SSSR count). The third kappa shape index (κ3) is 2.69. The standard InChI is InChI=1S/C16H13BrN2O3/c1-9(22-16(21)14-6-10(17)7-18-14)15(20)12-8-19-13-5-3-2-4-11(12)13/h2-9,18-19H,1H3/t9-/m0/s1. The molecule has 3 aromatic rings. The first-order valence-corrected chi connectivity index (χ1v) is 7.51. The largest absolute Gasteiger partial charge is 0.450 e. The van der Waals surface area contributed by atoms with Crippen LogP contribution in [0.4, 0.5) is 0 Å². The van der Waals surface area contributed by atoms with Gasteiger partial charge in [-0.2, -0.15) is 0 Å². The molecular formula is C16H13BrN2O3. The van der Waals surface area contributed by atoms with Crippen LogP contribution in [0, 0.1) is 0 Å². The molecule has 2 aromatic heterocycles. The molecule has 0 aliphatic rings. The summed E-state index contributed by atoms with van der Waals surface area (Å²) in [4.78, 5) is 30.3. The van der Waals surface area contributed by atoms with Crippen LogP contribution in [0.5, 0.6) is 0 Å². The van der Waals surface area contributed by atoms with Crippen molar-refractivity contribution in [3.63, 3.8) is 0 Å². The predicted octanol–water partition coefficient (Wildman–Crippen LogP) is 3.69. The maximum Gasteiger partial charge on any atom is 0.355 e. The van der Waals surface area contributed by atoms with Gasteiger partial charge in [0.2, 0.25) is 5.78 Å². The molecule has 2 heterocycles. The lowest BCUT2D eigenvalue weighted by Crippen LogP contribution is -2.24. The van der Waals surface area contributed by atoms with Gasteiger partial charge in [0.25, 0.3) is 0 Å². The number of hydrogen-bond donors (Lipinski definition) is 2. The van der Waals surface area contributed by atoms with Gasteiger partial charge in [0.15, 0.2) is 6.10 Å². The number of benzene rings is 1. The lowest BCUT2D eigenvalue weighted by Gasteiger charge is -2.11. The van der Waals surface area contributed by atoms with E-state index in [-0.39, 0.29) is 5.78 Å². The molecule has 1 aromatic carbocycles. The number of aromatic amines is 2. The van der Waals surface area contributed by atoms with Crippen LogP contribution in [-0.2, 0) is 4.74 Å². The highest BCUT2D eigenvalue weighted by Gasteiger charge is 2.23. The molecule has 0 saturated carbocycles. The summed E-state index contributed by atoms with van der Waals surface area (Å²) in [6.45, 7) is 1.57. The number of fused-ring (bicyclic) bond motifs is 1. The minimum absolute atomic E-state index is 0.239. The highest BCUT2D eigenvalue weighted by molar-refractivity contribution is 9.10. The Labute approximate surface area is 134 Å². The summed E-state index contributed by atoms with van der Waals surface area (Å²) in [7, 11) is 0. The minimum Gasteiger partial charge on any atom is -0.450 e. The Morgan fingerprint density at radius 2 is 1.95 bits per heavy atom. The predicted molar refractivity (Wildman–Crippen MR) is 86.0 cm³/mol. The number of para-hydroxylation sites is 1. The molecule has 0 aliphatic heterocycles. The molecule has 0 radical (unpaired) electrons. The second-order valence-corrected chi connectivity index (χ2v) is 5.81. The molecular weight excluding hydrogens is 348 g/mol. The zero-order valence-corrected chi connectivity index (χ0v) is 13.3. The summed E-state index contributed by atoms with van der Waals surface area (Å²) in [5.41, 5.74) is 1.69. The van der Waals surface area contributed by atoms with Crippen LogP contribution in [0.15, 0.2) is 47.2 Å². The fourth-order valence-corrected chi connectivity index (χ4v) is 2.60. The van der Waals surface area contributed by atoms with Crippen LogP contribution < -0.4 is 0 Å². The molecule has 5 nitrogen and oxygen atoms in total. The van der Waals surface area contributed by atoms with Crippen molar-refractivity contribution in [1.82, 2.24) is 9.97 Å². The summed E-state index contributed by atoms with van der Waals surface area (Å²) in [5, 5.41) is 0.818. The number of H-pyrrole nitrogens is 2. The maximum absolute atomic E-state index is 12.5. The van der Waals surface area contributed by atoms with Gasteiger partial charge in [0.1, 0.15) is 5.69 Å². The van der Waals surface area contributed by atoms with Crippen LogP contribution in [0.25, 0.3) is 10.9 Å². The van der Waals surface area contributed by atoms with Gasteiger partial charge in [-0.05, 0) is 35.0 Å². The summed E-state index contributed by atoms with van der Waals surface area (Å²) in [6, 6.07) is 9.10. The van der Waals surface area contributed by atoms with Gasteiger partial charge in [0, 0.05) is 33.3 Å². The van der Waals surface area contributed by atoms with Crippen molar-refractivity contribution >= 4 is 38.6 Å². The molecule has 0 bridgehead atoms. The van der Waals surface area contributed by atoms with Crippen molar-refractivity contribution in [2.24, 2.45) is 0 Å². The number of carbonyl (C=O) groups excluding carboxylic acids is 2. The van der Waals surface area contributed by atoms with E-state index in [9.17, 15) is 9.59 Å². The number of nitrogens with one attached hydrogen (secondary N) is 2. The Bertz CT molecular complexity index is 850. The Balaban J connectivity index is 1.78. The van der Waals surface area contributed by atoms with E-state index < -0.39 is 12.1 Å². The normalized spacial score (nSPS) is 12.3. The van der Waals surface area contributed by atoms with E-state index in [1.54, 1.807) is 25.4 Å². The van der Waals surface area contributed by atoms with E-state index >= 15 is 0 Å². The highest BCUT2D eigenvalue weighted by Crippen LogP contribution is 2.20. The zero-order chi connectivity index (χ0) is 15.7. The fourth-order valence-electron chi connectivity index (χ4n) is 2.26. The number of esters is 1. The molecule has 22 heavy (non-hydrogen) atoms. The van der Waals surface area contributed by atoms with Gasteiger partial charge >= 0.3 is 5.97 Å². The van der Waals surface area contributed by atoms with E-state index in [1.165, 1.54) is 0 Å². The van der Waals surface area contributed by atoms with Crippen molar-refractivity contribution in [2.75, 3.05) is 0 Å². The number of ketones is 1. The van der Waals surface area contributed by atoms with Crippen molar-refractivity contribution in [2.45, 2.75) is 13.0 Å². The molecule has 0 unspecified atom stereocenters. The topological polar surface area (TPSA) is 75.0 Å². The number of aromatic nitrogens is 2. The van der Waals surface area contributed by atoms with Gasteiger partial charge < -0.3 is 14.7 Å². The van der Waals surface area contributed by atoms with Gasteiger partial charge in [0.05, 0.1) is 0 Å². The number of hydrogen-bond acceptors (Lipinski definition) is 3. The van der Waals surface area contributed by atoms with Crippen molar-refractivity contribution in [3.8, 4) is 0 Å². The van der Waals surface area contributed by atoms with Crippen LogP contribution in [-0.4, -0.2) is 27.8 Å². The fraction of sp³-hybridized carbons (Fsp3) is 0.125. The molecule has 0 saturated heterocycles. The van der Waals surface area contributed by atoms with E-state index in [0.29, 0.717) is 11.3 Å². The molecule has 0 amide bonds. The maximum atomic E-state index is 12.5. The molecule has 112 valence electrons. The van der Waals surface area contributed by atoms with Crippen LogP contribution in [0.1, 0.15) is 27.8 Å². The second-order valence-electron chi connectivity index (χ2n) is 4.89. The van der Waals surface area contributed by atoms with E-state index in [1.807, 2.05) is 24.3 Å². The Morgan fingerprint density at radius 3 is 2.68 bits per heavy atom. The molecule has 6 heteroatoms. The second kappa shape index (κ2) is 5.81. The highest BCUT2D eigenvalue weighted by atomic mass is 79.9.